The van der Waals surface area contributed by atoms with Crippen LogP contribution in [-0.4, -0.2) is 58.2 Å². The maximum Gasteiger partial charge on any atom is 0.317 e. The van der Waals surface area contributed by atoms with Gasteiger partial charge in [0, 0.05) is 31.2 Å². The van der Waals surface area contributed by atoms with E-state index in [9.17, 15) is 9.18 Å². The number of carbonyl (C=O) groups is 1. The number of hydrogen-bond donors (Lipinski definition) is 1. The maximum atomic E-state index is 13.0. The van der Waals surface area contributed by atoms with E-state index in [1.165, 1.54) is 12.1 Å². The Labute approximate surface area is 144 Å². The fraction of sp³-hybridized carbons (Fsp3) is 0.471. The predicted molar refractivity (Wildman–Crippen MR) is 88.1 cm³/mol. The molecular formula is C17H20FN5O2. The molecule has 0 spiro atoms. The van der Waals surface area contributed by atoms with Crippen molar-refractivity contribution < 1.29 is 13.6 Å². The Morgan fingerprint density at radius 1 is 1.24 bits per heavy atom. The second-order valence-electron chi connectivity index (χ2n) is 6.46. The van der Waals surface area contributed by atoms with E-state index in [-0.39, 0.29) is 17.9 Å². The third-order valence-corrected chi connectivity index (χ3v) is 4.73. The highest BCUT2D eigenvalue weighted by Crippen LogP contribution is 2.21. The zero-order chi connectivity index (χ0) is 17.2. The van der Waals surface area contributed by atoms with Crippen LogP contribution >= 0.6 is 0 Å². The average molecular weight is 345 g/mol. The molecule has 1 atom stereocenters. The summed E-state index contributed by atoms with van der Waals surface area (Å²) in [6, 6.07) is 6.25. The standard InChI is InChI=1S/C17H20FN5O2/c18-13-5-3-12(4-6-13)16-21-20-15(25-16)11-22-8-1-2-14(10-22)23-9-7-19-17(23)24/h3-6,14H,1-2,7-11H2,(H,19,24)/t14-/m1/s1. The molecule has 0 bridgehead atoms. The fourth-order valence-corrected chi connectivity index (χ4v) is 3.48. The lowest BCUT2D eigenvalue weighted by molar-refractivity contribution is 0.115. The zero-order valence-corrected chi connectivity index (χ0v) is 13.8. The summed E-state index contributed by atoms with van der Waals surface area (Å²) in [6.07, 6.45) is 2.06. The largest absolute Gasteiger partial charge is 0.419 e. The SMILES string of the molecule is O=C1NCCN1[C@@H]1CCCN(Cc2nnc(-c3ccc(F)cc3)o2)C1. The first-order valence-corrected chi connectivity index (χ1v) is 8.54. The van der Waals surface area contributed by atoms with Crippen molar-refractivity contribution in [3.05, 3.63) is 36.0 Å². The molecule has 3 heterocycles. The number of carbonyl (C=O) groups excluding carboxylic acids is 1. The molecule has 2 saturated heterocycles. The summed E-state index contributed by atoms with van der Waals surface area (Å²) in [5.74, 6) is 0.627. The number of benzene rings is 1. The second-order valence-corrected chi connectivity index (χ2v) is 6.46. The quantitative estimate of drug-likeness (QED) is 0.916. The first-order valence-electron chi connectivity index (χ1n) is 8.54. The Kier molecular flexibility index (Phi) is 4.35. The summed E-state index contributed by atoms with van der Waals surface area (Å²) in [5, 5.41) is 11.0. The number of nitrogens with one attached hydrogen (secondary N) is 1. The first kappa shape index (κ1) is 16.0. The second kappa shape index (κ2) is 6.79. The van der Waals surface area contributed by atoms with Crippen LogP contribution in [0.4, 0.5) is 9.18 Å². The van der Waals surface area contributed by atoms with Crippen LogP contribution in [0.15, 0.2) is 28.7 Å². The molecular weight excluding hydrogens is 325 g/mol. The first-order chi connectivity index (χ1) is 12.2. The molecule has 1 N–H and O–H groups in total. The number of hydrogen-bond acceptors (Lipinski definition) is 5. The van der Waals surface area contributed by atoms with Gasteiger partial charge in [-0.25, -0.2) is 9.18 Å². The molecule has 2 aliphatic rings. The summed E-state index contributed by atoms with van der Waals surface area (Å²) < 4.78 is 18.7. The minimum absolute atomic E-state index is 0.0308. The number of rotatable bonds is 4. The number of amides is 2. The Balaban J connectivity index is 1.40. The van der Waals surface area contributed by atoms with Crippen molar-refractivity contribution in [3.63, 3.8) is 0 Å². The van der Waals surface area contributed by atoms with E-state index in [4.69, 9.17) is 4.42 Å². The predicted octanol–water partition coefficient (Wildman–Crippen LogP) is 1.87. The molecule has 1 aromatic heterocycles. The smallest absolute Gasteiger partial charge is 0.317 e. The number of nitrogens with zero attached hydrogens (tertiary/aromatic N) is 4. The van der Waals surface area contributed by atoms with Crippen LogP contribution in [0, 0.1) is 5.82 Å². The van der Waals surface area contributed by atoms with E-state index in [1.807, 2.05) is 4.90 Å². The number of likely N-dealkylation sites (tertiary alicyclic amines) is 1. The van der Waals surface area contributed by atoms with Gasteiger partial charge in [-0.2, -0.15) is 0 Å². The molecule has 7 nitrogen and oxygen atoms in total. The van der Waals surface area contributed by atoms with Crippen LogP contribution in [0.3, 0.4) is 0 Å². The zero-order valence-electron chi connectivity index (χ0n) is 13.8. The molecule has 132 valence electrons. The van der Waals surface area contributed by atoms with Gasteiger partial charge >= 0.3 is 6.03 Å². The molecule has 2 amide bonds. The molecule has 8 heteroatoms. The molecule has 0 aliphatic carbocycles. The summed E-state index contributed by atoms with van der Waals surface area (Å²) in [5.41, 5.74) is 0.699. The highest BCUT2D eigenvalue weighted by atomic mass is 19.1. The van der Waals surface area contributed by atoms with Gasteiger partial charge in [0.25, 0.3) is 0 Å². The van der Waals surface area contributed by atoms with Gasteiger partial charge in [-0.15, -0.1) is 10.2 Å². The van der Waals surface area contributed by atoms with Crippen molar-refractivity contribution in [3.8, 4) is 11.5 Å². The molecule has 0 radical (unpaired) electrons. The van der Waals surface area contributed by atoms with E-state index in [2.05, 4.69) is 20.4 Å². The third-order valence-electron chi connectivity index (χ3n) is 4.73. The normalized spacial score (nSPS) is 21.6. The van der Waals surface area contributed by atoms with Crippen molar-refractivity contribution in [2.24, 2.45) is 0 Å². The summed E-state index contributed by atoms with van der Waals surface area (Å²) in [6.45, 7) is 3.80. The molecule has 4 rings (SSSR count). The summed E-state index contributed by atoms with van der Waals surface area (Å²) in [4.78, 5) is 16.0. The molecule has 1 aromatic carbocycles. The summed E-state index contributed by atoms with van der Waals surface area (Å²) in [7, 11) is 0. The minimum atomic E-state index is -0.297. The van der Waals surface area contributed by atoms with E-state index in [0.717, 1.165) is 39.0 Å². The highest BCUT2D eigenvalue weighted by Gasteiger charge is 2.31. The number of piperidine rings is 1. The highest BCUT2D eigenvalue weighted by molar-refractivity contribution is 5.76. The van der Waals surface area contributed by atoms with Crippen LogP contribution in [-0.2, 0) is 6.54 Å². The van der Waals surface area contributed by atoms with Crippen molar-refractivity contribution in [1.29, 1.82) is 0 Å². The van der Waals surface area contributed by atoms with Gasteiger partial charge in [0.15, 0.2) is 0 Å². The number of halogens is 1. The number of urea groups is 1. The Morgan fingerprint density at radius 2 is 2.08 bits per heavy atom. The van der Waals surface area contributed by atoms with Gasteiger partial charge in [0.05, 0.1) is 6.54 Å². The van der Waals surface area contributed by atoms with Crippen LogP contribution in [0.5, 0.6) is 0 Å². The van der Waals surface area contributed by atoms with Crippen LogP contribution < -0.4 is 5.32 Å². The summed E-state index contributed by atoms with van der Waals surface area (Å²) >= 11 is 0. The molecule has 25 heavy (non-hydrogen) atoms. The van der Waals surface area contributed by atoms with E-state index < -0.39 is 0 Å². The fourth-order valence-electron chi connectivity index (χ4n) is 3.48. The minimum Gasteiger partial charge on any atom is -0.419 e. The van der Waals surface area contributed by atoms with Gasteiger partial charge in [0.1, 0.15) is 5.82 Å². The van der Waals surface area contributed by atoms with Gasteiger partial charge in [-0.1, -0.05) is 0 Å². The maximum absolute atomic E-state index is 13.0. The van der Waals surface area contributed by atoms with E-state index in [0.29, 0.717) is 23.9 Å². The van der Waals surface area contributed by atoms with Gasteiger partial charge in [0.2, 0.25) is 11.8 Å². The van der Waals surface area contributed by atoms with Crippen LogP contribution in [0.2, 0.25) is 0 Å². The third kappa shape index (κ3) is 3.48. The molecule has 0 unspecified atom stereocenters. The van der Waals surface area contributed by atoms with Gasteiger partial charge in [-0.05, 0) is 43.7 Å². The molecule has 2 fully saturated rings. The van der Waals surface area contributed by atoms with Gasteiger partial charge < -0.3 is 14.6 Å². The Bertz CT molecular complexity index is 748. The monoisotopic (exact) mass is 345 g/mol. The van der Waals surface area contributed by atoms with Crippen molar-refractivity contribution >= 4 is 6.03 Å². The average Bonchev–Trinajstić information content (AvgIpc) is 3.25. The van der Waals surface area contributed by atoms with E-state index >= 15 is 0 Å². The van der Waals surface area contributed by atoms with E-state index in [1.54, 1.807) is 12.1 Å². The van der Waals surface area contributed by atoms with Crippen LogP contribution in [0.25, 0.3) is 11.5 Å². The van der Waals surface area contributed by atoms with Crippen molar-refractivity contribution in [2.45, 2.75) is 25.4 Å². The topological polar surface area (TPSA) is 74.5 Å². The van der Waals surface area contributed by atoms with Crippen molar-refractivity contribution in [1.82, 2.24) is 25.3 Å². The lowest BCUT2D eigenvalue weighted by Gasteiger charge is -2.36. The number of aromatic nitrogens is 2. The lowest BCUT2D eigenvalue weighted by Crippen LogP contribution is -2.48. The molecule has 2 aliphatic heterocycles. The Morgan fingerprint density at radius 3 is 2.84 bits per heavy atom. The molecule has 0 saturated carbocycles. The van der Waals surface area contributed by atoms with Crippen LogP contribution in [0.1, 0.15) is 18.7 Å². The lowest BCUT2D eigenvalue weighted by atomic mass is 10.0. The van der Waals surface area contributed by atoms with Crippen molar-refractivity contribution in [2.75, 3.05) is 26.2 Å². The Hall–Kier alpha value is -2.48. The molecule has 2 aromatic rings. The van der Waals surface area contributed by atoms with Gasteiger partial charge in [-0.3, -0.25) is 4.90 Å².